The van der Waals surface area contributed by atoms with Crippen LogP contribution in [0.1, 0.15) is 32.1 Å². The van der Waals surface area contributed by atoms with E-state index in [2.05, 4.69) is 43.0 Å². The largest absolute Gasteiger partial charge is 0.465 e. The first-order chi connectivity index (χ1) is 10.2. The highest BCUT2D eigenvalue weighted by molar-refractivity contribution is 5.42. The van der Waals surface area contributed by atoms with E-state index in [1.54, 1.807) is 6.26 Å². The van der Waals surface area contributed by atoms with Gasteiger partial charge < -0.3 is 4.42 Å². The Morgan fingerprint density at radius 2 is 2.29 bits per heavy atom. The molecule has 0 saturated heterocycles. The van der Waals surface area contributed by atoms with Crippen LogP contribution in [-0.4, -0.2) is 27.8 Å². The Labute approximate surface area is 127 Å². The number of hydrogen-bond donors (Lipinski definition) is 0. The van der Waals surface area contributed by atoms with Crippen LogP contribution in [0.15, 0.2) is 41.3 Å². The zero-order chi connectivity index (χ0) is 15.1. The fourth-order valence-electron chi connectivity index (χ4n) is 2.34. The summed E-state index contributed by atoms with van der Waals surface area (Å²) in [6.45, 7) is 10.4. The number of hydrogen-bond acceptors (Lipinski definition) is 3. The lowest BCUT2D eigenvalue weighted by atomic mass is 10.2. The molecule has 0 N–H and O–H groups in total. The van der Waals surface area contributed by atoms with E-state index in [0.717, 1.165) is 31.9 Å². The molecule has 2 heterocycles. The molecule has 0 amide bonds. The topological polar surface area (TPSA) is 34.2 Å². The summed E-state index contributed by atoms with van der Waals surface area (Å²) in [4.78, 5) is 2.43. The number of aryl methyl sites for hydroxylation is 1. The average molecular weight is 287 g/mol. The standard InChI is InChI=1S/C17H25N3O/c1-4-20-14-16(11-18-20)13-19(12-15(2)3)9-5-7-17-8-6-10-21-17/h5-8,10-11,14-15H,4,9,12-13H2,1-3H3. The molecule has 2 aromatic rings. The first kappa shape index (κ1) is 15.6. The van der Waals surface area contributed by atoms with Gasteiger partial charge in [-0.3, -0.25) is 9.58 Å². The van der Waals surface area contributed by atoms with Crippen molar-refractivity contribution in [2.45, 2.75) is 33.9 Å². The molecule has 2 aromatic heterocycles. The average Bonchev–Trinajstić information content (AvgIpc) is 3.09. The third-order valence-corrected chi connectivity index (χ3v) is 3.23. The van der Waals surface area contributed by atoms with E-state index in [0.29, 0.717) is 5.92 Å². The van der Waals surface area contributed by atoms with Crippen molar-refractivity contribution in [1.82, 2.24) is 14.7 Å². The second kappa shape index (κ2) is 7.84. The summed E-state index contributed by atoms with van der Waals surface area (Å²) >= 11 is 0. The lowest BCUT2D eigenvalue weighted by Crippen LogP contribution is -2.27. The highest BCUT2D eigenvalue weighted by Crippen LogP contribution is 2.08. The molecule has 0 aliphatic rings. The molecule has 0 aliphatic carbocycles. The Kier molecular flexibility index (Phi) is 5.81. The predicted molar refractivity (Wildman–Crippen MR) is 85.8 cm³/mol. The Morgan fingerprint density at radius 1 is 1.43 bits per heavy atom. The van der Waals surface area contributed by atoms with Gasteiger partial charge in [-0.05, 0) is 31.1 Å². The normalized spacial score (nSPS) is 12.0. The van der Waals surface area contributed by atoms with Crippen molar-refractivity contribution < 1.29 is 4.42 Å². The Bertz CT molecular complexity index is 540. The van der Waals surface area contributed by atoms with E-state index in [4.69, 9.17) is 4.42 Å². The van der Waals surface area contributed by atoms with Crippen LogP contribution in [0.25, 0.3) is 6.08 Å². The molecule has 2 rings (SSSR count). The Balaban J connectivity index is 1.93. The summed E-state index contributed by atoms with van der Waals surface area (Å²) < 4.78 is 7.29. The Morgan fingerprint density at radius 3 is 2.90 bits per heavy atom. The summed E-state index contributed by atoms with van der Waals surface area (Å²) in [7, 11) is 0. The van der Waals surface area contributed by atoms with Crippen LogP contribution in [0.4, 0.5) is 0 Å². The molecule has 4 nitrogen and oxygen atoms in total. The molecule has 21 heavy (non-hydrogen) atoms. The van der Waals surface area contributed by atoms with Crippen molar-refractivity contribution in [3.8, 4) is 0 Å². The maximum absolute atomic E-state index is 5.31. The third-order valence-electron chi connectivity index (χ3n) is 3.23. The lowest BCUT2D eigenvalue weighted by molar-refractivity contribution is 0.261. The predicted octanol–water partition coefficient (Wildman–Crippen LogP) is 3.67. The molecule has 0 aromatic carbocycles. The molecule has 0 fully saturated rings. The molecule has 0 saturated carbocycles. The van der Waals surface area contributed by atoms with Crippen LogP contribution >= 0.6 is 0 Å². The van der Waals surface area contributed by atoms with Gasteiger partial charge in [0.05, 0.1) is 12.5 Å². The van der Waals surface area contributed by atoms with Gasteiger partial charge in [-0.1, -0.05) is 19.9 Å². The minimum Gasteiger partial charge on any atom is -0.465 e. The fourth-order valence-corrected chi connectivity index (χ4v) is 2.34. The SMILES string of the molecule is CCn1cc(CN(CC=Cc2ccco2)CC(C)C)cn1. The number of aromatic nitrogens is 2. The van der Waals surface area contributed by atoms with Crippen LogP contribution in [0, 0.1) is 5.92 Å². The van der Waals surface area contributed by atoms with Crippen molar-refractivity contribution in [2.24, 2.45) is 5.92 Å². The zero-order valence-corrected chi connectivity index (χ0v) is 13.2. The minimum atomic E-state index is 0.642. The molecule has 0 aliphatic heterocycles. The number of nitrogens with zero attached hydrogens (tertiary/aromatic N) is 3. The van der Waals surface area contributed by atoms with E-state index < -0.39 is 0 Å². The van der Waals surface area contributed by atoms with Crippen molar-refractivity contribution in [3.05, 3.63) is 48.2 Å². The van der Waals surface area contributed by atoms with E-state index in [1.807, 2.05) is 29.1 Å². The highest BCUT2D eigenvalue weighted by Gasteiger charge is 2.08. The molecule has 0 atom stereocenters. The van der Waals surface area contributed by atoms with Gasteiger partial charge in [-0.2, -0.15) is 5.10 Å². The first-order valence-corrected chi connectivity index (χ1v) is 7.61. The maximum atomic E-state index is 5.31. The van der Waals surface area contributed by atoms with Gasteiger partial charge in [0.1, 0.15) is 5.76 Å². The van der Waals surface area contributed by atoms with Gasteiger partial charge in [0.2, 0.25) is 0 Å². The summed E-state index contributed by atoms with van der Waals surface area (Å²) in [5.41, 5.74) is 1.27. The quantitative estimate of drug-likeness (QED) is 0.743. The molecule has 0 radical (unpaired) electrons. The fraction of sp³-hybridized carbons (Fsp3) is 0.471. The van der Waals surface area contributed by atoms with Crippen molar-refractivity contribution in [3.63, 3.8) is 0 Å². The van der Waals surface area contributed by atoms with Crippen LogP contribution in [0.5, 0.6) is 0 Å². The first-order valence-electron chi connectivity index (χ1n) is 7.61. The molecule has 0 spiro atoms. The molecule has 4 heteroatoms. The number of rotatable bonds is 8. The molecule has 114 valence electrons. The van der Waals surface area contributed by atoms with Gasteiger partial charge in [-0.15, -0.1) is 0 Å². The van der Waals surface area contributed by atoms with Gasteiger partial charge in [-0.25, -0.2) is 0 Å². The van der Waals surface area contributed by atoms with Crippen molar-refractivity contribution in [2.75, 3.05) is 13.1 Å². The van der Waals surface area contributed by atoms with E-state index in [1.165, 1.54) is 5.56 Å². The maximum Gasteiger partial charge on any atom is 0.126 e. The van der Waals surface area contributed by atoms with Crippen molar-refractivity contribution in [1.29, 1.82) is 0 Å². The number of furan rings is 1. The van der Waals surface area contributed by atoms with Crippen LogP contribution in [0.2, 0.25) is 0 Å². The van der Waals surface area contributed by atoms with Gasteiger partial charge in [0.15, 0.2) is 0 Å². The van der Waals surface area contributed by atoms with E-state index >= 15 is 0 Å². The second-order valence-corrected chi connectivity index (χ2v) is 5.71. The molecule has 0 unspecified atom stereocenters. The van der Waals surface area contributed by atoms with Crippen molar-refractivity contribution >= 4 is 6.08 Å². The molecule has 0 bridgehead atoms. The van der Waals surface area contributed by atoms with E-state index in [9.17, 15) is 0 Å². The van der Waals surface area contributed by atoms with Crippen LogP contribution < -0.4 is 0 Å². The third kappa shape index (κ3) is 5.23. The minimum absolute atomic E-state index is 0.642. The summed E-state index contributed by atoms with van der Waals surface area (Å²) in [5.74, 6) is 1.54. The van der Waals surface area contributed by atoms with Crippen LogP contribution in [-0.2, 0) is 13.1 Å². The monoisotopic (exact) mass is 287 g/mol. The second-order valence-electron chi connectivity index (χ2n) is 5.71. The van der Waals surface area contributed by atoms with Gasteiger partial charge >= 0.3 is 0 Å². The van der Waals surface area contributed by atoms with Gasteiger partial charge in [0, 0.05) is 37.9 Å². The molecular formula is C17H25N3O. The Hall–Kier alpha value is -1.81. The zero-order valence-electron chi connectivity index (χ0n) is 13.2. The summed E-state index contributed by atoms with van der Waals surface area (Å²) in [5, 5.41) is 4.34. The molecular weight excluding hydrogens is 262 g/mol. The lowest BCUT2D eigenvalue weighted by Gasteiger charge is -2.22. The summed E-state index contributed by atoms with van der Waals surface area (Å²) in [6.07, 6.45) is 9.98. The summed E-state index contributed by atoms with van der Waals surface area (Å²) in [6, 6.07) is 3.87. The highest BCUT2D eigenvalue weighted by atomic mass is 16.3. The van der Waals surface area contributed by atoms with E-state index in [-0.39, 0.29) is 0 Å². The smallest absolute Gasteiger partial charge is 0.126 e. The van der Waals surface area contributed by atoms with Crippen LogP contribution in [0.3, 0.4) is 0 Å². The van der Waals surface area contributed by atoms with Gasteiger partial charge in [0.25, 0.3) is 0 Å².